The highest BCUT2D eigenvalue weighted by molar-refractivity contribution is 7.22. The minimum absolute atomic E-state index is 0.000847. The van der Waals surface area contributed by atoms with E-state index in [0.29, 0.717) is 50.8 Å². The molecule has 96 heavy (non-hydrogen) atoms. The number of hydrogen-bond acceptors (Lipinski definition) is 21. The molecule has 4 aliphatic carbocycles. The molecular weight excluding hydrogens is 1260 g/mol. The van der Waals surface area contributed by atoms with Crippen LogP contribution in [0.5, 0.6) is 11.5 Å². The molecule has 2 unspecified atom stereocenters. The molecule has 4 aromatic heterocycles. The lowest BCUT2D eigenvalue weighted by atomic mass is 9.39. The summed E-state index contributed by atoms with van der Waals surface area (Å²) >= 11 is 1.39. The number of fused-ring (bicyclic) bond motifs is 2. The molecule has 4 saturated carbocycles. The topological polar surface area (TPSA) is 369 Å². The molecule has 7 aromatic rings. The van der Waals surface area contributed by atoms with E-state index in [1.54, 1.807) is 19.3 Å². The molecule has 0 spiro atoms. The van der Waals surface area contributed by atoms with E-state index in [1.165, 1.54) is 34.4 Å². The summed E-state index contributed by atoms with van der Waals surface area (Å²) in [6.07, 6.45) is -2.54. The number of para-hydroxylation sites is 2. The fourth-order valence-corrected chi connectivity index (χ4v) is 16.5. The number of aliphatic carboxylic acids is 1. The van der Waals surface area contributed by atoms with Gasteiger partial charge in [-0.05, 0) is 111 Å². The summed E-state index contributed by atoms with van der Waals surface area (Å²) in [6, 6.07) is 21.2. The Kier molecular flexibility index (Phi) is 19.0. The predicted molar refractivity (Wildman–Crippen MR) is 346 cm³/mol. The van der Waals surface area contributed by atoms with E-state index in [9.17, 15) is 59.4 Å². The van der Waals surface area contributed by atoms with Crippen LogP contribution in [0.4, 0.5) is 9.93 Å². The average molecular weight is 1340 g/mol. The maximum Gasteiger partial charge on any atom is 0.409 e. The Morgan fingerprint density at radius 2 is 1.61 bits per heavy atom. The Hall–Kier alpha value is -8.71. The Morgan fingerprint density at radius 3 is 2.35 bits per heavy atom. The van der Waals surface area contributed by atoms with Crippen molar-refractivity contribution in [1.82, 2.24) is 39.8 Å². The zero-order valence-electron chi connectivity index (χ0n) is 53.6. The van der Waals surface area contributed by atoms with Crippen molar-refractivity contribution in [3.05, 3.63) is 119 Å². The number of aromatic nitrogens is 5. The highest BCUT2D eigenvalue weighted by atomic mass is 32.1. The first-order chi connectivity index (χ1) is 45.8. The van der Waals surface area contributed by atoms with Gasteiger partial charge in [0, 0.05) is 85.6 Å². The number of carbonyl (C=O) groups excluding carboxylic acids is 5. The number of hydrogen-bond donors (Lipinski definition) is 9. The smallest absolute Gasteiger partial charge is 0.409 e. The van der Waals surface area contributed by atoms with Crippen molar-refractivity contribution >= 4 is 73.3 Å². The average Bonchev–Trinajstić information content (AvgIpc) is 0.747. The molecule has 28 heteroatoms. The number of aliphatic hydroxyl groups is 5. The van der Waals surface area contributed by atoms with Crippen LogP contribution in [0.25, 0.3) is 43.6 Å². The molecule has 1 saturated heterocycles. The number of carbonyl (C=O) groups is 6. The minimum atomic E-state index is -1.94. The van der Waals surface area contributed by atoms with Gasteiger partial charge in [-0.2, -0.15) is 5.10 Å². The Balaban J connectivity index is 0.676. The molecule has 7 atom stereocenters. The maximum absolute atomic E-state index is 13.8. The van der Waals surface area contributed by atoms with Gasteiger partial charge < -0.3 is 74.3 Å². The van der Waals surface area contributed by atoms with Gasteiger partial charge in [-0.3, -0.25) is 34.1 Å². The lowest BCUT2D eigenvalue weighted by molar-refractivity contribution is -0.271. The van der Waals surface area contributed by atoms with Crippen LogP contribution in [-0.2, 0) is 51.3 Å². The third kappa shape index (κ3) is 14.0. The number of pyridine rings is 1. The Labute approximate surface area is 554 Å². The minimum Gasteiger partial charge on any atom is -0.491 e. The van der Waals surface area contributed by atoms with E-state index in [0.717, 1.165) is 82.4 Å². The van der Waals surface area contributed by atoms with E-state index < -0.39 is 72.4 Å². The molecule has 6 aliphatic rings. The lowest BCUT2D eigenvalue weighted by Gasteiger charge is -2.69. The number of anilines is 1. The summed E-state index contributed by atoms with van der Waals surface area (Å²) in [4.78, 5) is 90.5. The first-order valence-electron chi connectivity index (χ1n) is 31.7. The van der Waals surface area contributed by atoms with E-state index in [-0.39, 0.29) is 98.4 Å². The SMILES string of the molecule is Cc1c(-c2ccc(-c3cnn(CC45CC6(C)CC(C)(C4)CC(OCCN(C)C(=O)OCc4ccc(O[C@@H]7O[C@H](C(=O)O)[C@@H](O)[C@H](O)[C@H]7O)cc4OCCOCCNC(=O)CCN4C(=O)C=CC4=O)(C6)C5)c3C)c(C(O)O)n2)[nH]c2c(C(=O)Nc3nc4ccccc4s3)cccc12. The van der Waals surface area contributed by atoms with Crippen LogP contribution in [0.1, 0.15) is 98.0 Å². The van der Waals surface area contributed by atoms with Crippen LogP contribution in [0.15, 0.2) is 91.1 Å². The van der Waals surface area contributed by atoms with Crippen molar-refractivity contribution in [3.8, 4) is 34.0 Å². The molecule has 508 valence electrons. The van der Waals surface area contributed by atoms with Crippen LogP contribution >= 0.6 is 11.3 Å². The van der Waals surface area contributed by atoms with E-state index in [4.69, 9.17) is 38.5 Å². The normalized spacial score (nSPS) is 25.1. The molecule has 2 aliphatic heterocycles. The summed E-state index contributed by atoms with van der Waals surface area (Å²) in [5.41, 5.74) is 5.46. The number of aliphatic hydroxyl groups excluding tert-OH is 4. The van der Waals surface area contributed by atoms with E-state index in [2.05, 4.69) is 34.4 Å². The van der Waals surface area contributed by atoms with Crippen molar-refractivity contribution in [3.63, 3.8) is 0 Å². The maximum atomic E-state index is 13.8. The number of likely N-dealkylation sites (N-methyl/N-ethyl adjacent to an activating group) is 1. The molecule has 3 aromatic carbocycles. The highest BCUT2D eigenvalue weighted by Crippen LogP contribution is 2.72. The van der Waals surface area contributed by atoms with Gasteiger partial charge in [0.1, 0.15) is 48.7 Å². The van der Waals surface area contributed by atoms with Gasteiger partial charge >= 0.3 is 12.1 Å². The molecule has 5 amide bonds. The molecule has 0 radical (unpaired) electrons. The number of nitrogens with one attached hydrogen (secondary N) is 3. The summed E-state index contributed by atoms with van der Waals surface area (Å²) in [5.74, 6) is -3.14. The lowest BCUT2D eigenvalue weighted by Crippen LogP contribution is -2.64. The number of thiazole rings is 1. The summed E-state index contributed by atoms with van der Waals surface area (Å²) in [5, 5.41) is 74.6. The molecule has 5 fully saturated rings. The standard InChI is InChI=1S/C68H77N9O18S/c1-37-41-9-8-10-43(59(84)74-63-72-45-11-6-7-12-48(45)96-63)53(41)73-52(37)46-16-15-42(54(71-46)60(85)86)44-28-70-77(38(44)2)36-67-31-65(3)30-66(4,32-67)34-68(33-65,35-67)93-24-22-75(5)64(89)92-29-39-13-14-40(94-62-57(83)55(81)56(82)58(95-62)61(87)88)27-47(39)91-26-25-90-23-20-69-49(78)19-21-76-50(79)17-18-51(76)80/h6-18,27-28,55-58,60,62,73,81-83,85-86H,19-26,29-36H2,1-5H3,(H,69,78)(H,87,88)(H,72,74,84)/t55-,56-,57+,58-,62+,65?,66?,67?,68?/m0/s1. The number of aryl methyl sites for hydroxylation is 1. The quantitative estimate of drug-likeness (QED) is 0.0169. The summed E-state index contributed by atoms with van der Waals surface area (Å²) < 4.78 is 38.6. The first kappa shape index (κ1) is 67.3. The van der Waals surface area contributed by atoms with Crippen molar-refractivity contribution in [1.29, 1.82) is 0 Å². The van der Waals surface area contributed by atoms with E-state index >= 15 is 0 Å². The number of H-pyrrole nitrogens is 1. The molecule has 6 heterocycles. The van der Waals surface area contributed by atoms with Crippen LogP contribution in [0.2, 0.25) is 0 Å². The Bertz CT molecular complexity index is 4110. The van der Waals surface area contributed by atoms with E-state index in [1.807, 2.05) is 67.1 Å². The van der Waals surface area contributed by atoms with Gasteiger partial charge in [0.25, 0.3) is 17.7 Å². The van der Waals surface area contributed by atoms with Crippen LogP contribution in [-0.4, -0.2) is 190 Å². The number of aromatic amines is 1. The first-order valence-corrected chi connectivity index (χ1v) is 32.6. The summed E-state index contributed by atoms with van der Waals surface area (Å²) in [6.45, 7) is 9.42. The second-order valence-corrected chi connectivity index (χ2v) is 27.7. The molecular formula is C68H77N9O18S. The third-order valence-corrected chi connectivity index (χ3v) is 19.9. The number of carboxylic acid groups (broad SMARTS) is 1. The monoisotopic (exact) mass is 1340 g/mol. The van der Waals surface area contributed by atoms with Crippen molar-refractivity contribution in [2.24, 2.45) is 16.2 Å². The zero-order valence-corrected chi connectivity index (χ0v) is 54.4. The zero-order chi connectivity index (χ0) is 68.0. The fourth-order valence-electron chi connectivity index (χ4n) is 15.7. The van der Waals surface area contributed by atoms with Crippen LogP contribution in [0.3, 0.4) is 0 Å². The molecule has 4 bridgehead atoms. The van der Waals surface area contributed by atoms with Gasteiger partial charge in [-0.1, -0.05) is 55.5 Å². The number of nitrogens with zero attached hydrogens (tertiary/aromatic N) is 6. The number of rotatable bonds is 26. The van der Waals surface area contributed by atoms with Gasteiger partial charge in [-0.25, -0.2) is 19.6 Å². The van der Waals surface area contributed by atoms with Gasteiger partial charge in [-0.15, -0.1) is 0 Å². The van der Waals surface area contributed by atoms with Crippen LogP contribution in [0, 0.1) is 30.1 Å². The number of ether oxygens (including phenoxy) is 6. The number of imide groups is 1. The van der Waals surface area contributed by atoms with Crippen LogP contribution < -0.4 is 20.1 Å². The fraction of sp³-hybridized carbons (Fsp3) is 0.456. The number of carboxylic acids is 1. The van der Waals surface area contributed by atoms with Gasteiger partial charge in [0.15, 0.2) is 17.5 Å². The molecule has 9 N–H and O–H groups in total. The highest BCUT2D eigenvalue weighted by Gasteiger charge is 2.66. The Morgan fingerprint density at radius 1 is 0.854 bits per heavy atom. The molecule has 13 rings (SSSR count). The second-order valence-electron chi connectivity index (χ2n) is 26.6. The third-order valence-electron chi connectivity index (χ3n) is 18.9. The number of amides is 5. The second kappa shape index (κ2) is 27.1. The van der Waals surface area contributed by atoms with Crippen molar-refractivity contribution < 1.29 is 87.8 Å². The predicted octanol–water partition coefficient (Wildman–Crippen LogP) is 6.06. The van der Waals surface area contributed by atoms with Crippen molar-refractivity contribution in [2.45, 2.75) is 128 Å². The largest absolute Gasteiger partial charge is 0.491 e. The van der Waals surface area contributed by atoms with Gasteiger partial charge in [0.2, 0.25) is 12.2 Å². The van der Waals surface area contributed by atoms with Crippen molar-refractivity contribution in [2.75, 3.05) is 58.4 Å². The van der Waals surface area contributed by atoms with Gasteiger partial charge in [0.05, 0.1) is 64.3 Å². The number of benzene rings is 3. The summed E-state index contributed by atoms with van der Waals surface area (Å²) in [7, 11) is 1.61. The molecule has 27 nitrogen and oxygen atoms in total.